The summed E-state index contributed by atoms with van der Waals surface area (Å²) in [6.07, 6.45) is 11.5. The van der Waals surface area contributed by atoms with E-state index >= 15 is 0 Å². The standard InChI is InChI=1S/C33H42N4O4.CH4.2H2S/c34-33-35-27-16-15-26(41-25-12-5-2-6-13-25)19-24(27)21-36(33)28(22-9-3-1-4-10-22)17-18-31(38)37-29-14-8-7-11-23(29)20-30(37)32(39)40;;;/h2,5-6,12-13,15-16,19,22-23,28-30H,1,3-4,7-11,14,17-18,20-21H2,(H2,34,35)(H,39,40);1H4;2*1H2/t23?,28-,29?,30-;;;/m0.../s1. The molecule has 2 aromatic carbocycles. The number of hydrogen-bond donors (Lipinski definition) is 2. The maximum atomic E-state index is 13.7. The van der Waals surface area contributed by atoms with Gasteiger partial charge in [-0.15, -0.1) is 0 Å². The van der Waals surface area contributed by atoms with Gasteiger partial charge in [-0.05, 0) is 80.7 Å². The number of fused-ring (bicyclic) bond motifs is 2. The van der Waals surface area contributed by atoms with Crippen LogP contribution in [0.5, 0.6) is 11.5 Å². The van der Waals surface area contributed by atoms with Crippen molar-refractivity contribution in [3.8, 4) is 11.5 Å². The number of para-hydroxylation sites is 1. The molecule has 4 aliphatic rings. The summed E-state index contributed by atoms with van der Waals surface area (Å²) in [6, 6.07) is 15.1. The van der Waals surface area contributed by atoms with Gasteiger partial charge in [-0.25, -0.2) is 9.79 Å². The van der Waals surface area contributed by atoms with E-state index in [-0.39, 0.29) is 52.4 Å². The first-order valence-electron chi connectivity index (χ1n) is 15.5. The quantitative estimate of drug-likeness (QED) is 0.319. The highest BCUT2D eigenvalue weighted by atomic mass is 32.1. The number of nitrogens with two attached hydrogens (primary N) is 1. The third-order valence-electron chi connectivity index (χ3n) is 9.81. The molecule has 2 heterocycles. The lowest BCUT2D eigenvalue weighted by Crippen LogP contribution is -2.50. The molecule has 0 bridgehead atoms. The van der Waals surface area contributed by atoms with Crippen LogP contribution in [0.3, 0.4) is 0 Å². The van der Waals surface area contributed by atoms with Crippen molar-refractivity contribution >= 4 is 50.5 Å². The zero-order valence-corrected chi connectivity index (χ0v) is 26.8. The van der Waals surface area contributed by atoms with Gasteiger partial charge in [0, 0.05) is 30.6 Å². The van der Waals surface area contributed by atoms with E-state index in [0.717, 1.165) is 61.3 Å². The Labute approximate surface area is 276 Å². The topological polar surface area (TPSA) is 108 Å². The second-order valence-electron chi connectivity index (χ2n) is 12.3. The van der Waals surface area contributed by atoms with E-state index in [1.807, 2.05) is 48.5 Å². The van der Waals surface area contributed by atoms with Crippen molar-refractivity contribution in [2.45, 2.75) is 109 Å². The number of nitrogens with zero attached hydrogens (tertiary/aromatic N) is 3. The minimum Gasteiger partial charge on any atom is -0.480 e. The molecule has 4 atom stereocenters. The fourth-order valence-corrected chi connectivity index (χ4v) is 7.83. The number of carbonyl (C=O) groups is 2. The Morgan fingerprint density at radius 2 is 1.66 bits per heavy atom. The number of ether oxygens (including phenoxy) is 1. The molecule has 0 aromatic heterocycles. The predicted molar refractivity (Wildman–Crippen MR) is 186 cm³/mol. The van der Waals surface area contributed by atoms with Crippen LogP contribution in [0, 0.1) is 11.8 Å². The summed E-state index contributed by atoms with van der Waals surface area (Å²) in [5.74, 6) is 1.89. The molecule has 8 nitrogen and oxygen atoms in total. The Hall–Kier alpha value is -2.85. The van der Waals surface area contributed by atoms with Crippen molar-refractivity contribution in [1.29, 1.82) is 0 Å². The average Bonchev–Trinajstić information content (AvgIpc) is 3.39. The Bertz CT molecular complexity index is 1290. The second-order valence-corrected chi connectivity index (χ2v) is 12.3. The molecule has 10 heteroatoms. The maximum absolute atomic E-state index is 13.7. The molecule has 2 aromatic rings. The van der Waals surface area contributed by atoms with Gasteiger partial charge in [-0.3, -0.25) is 4.79 Å². The van der Waals surface area contributed by atoms with Crippen molar-refractivity contribution in [3.05, 3.63) is 54.1 Å². The molecule has 6 rings (SSSR count). The zero-order valence-electron chi connectivity index (χ0n) is 24.8. The van der Waals surface area contributed by atoms with Crippen LogP contribution in [-0.4, -0.2) is 50.9 Å². The number of amides is 1. The minimum absolute atomic E-state index is 0. The molecule has 242 valence electrons. The van der Waals surface area contributed by atoms with Gasteiger partial charge in [0.25, 0.3) is 0 Å². The number of aliphatic imine (C=N–C) groups is 1. The molecule has 2 aliphatic carbocycles. The van der Waals surface area contributed by atoms with Gasteiger partial charge in [-0.1, -0.05) is 57.7 Å². The normalized spacial score (nSPS) is 23.5. The molecule has 0 spiro atoms. The average molecular weight is 643 g/mol. The molecular formula is C34H50N4O4S2. The highest BCUT2D eigenvalue weighted by Crippen LogP contribution is 2.41. The van der Waals surface area contributed by atoms with Crippen molar-refractivity contribution < 1.29 is 19.4 Å². The molecule has 2 unspecified atom stereocenters. The number of aliphatic carboxylic acids is 1. The summed E-state index contributed by atoms with van der Waals surface area (Å²) < 4.78 is 6.10. The van der Waals surface area contributed by atoms with E-state index in [1.165, 1.54) is 19.3 Å². The van der Waals surface area contributed by atoms with E-state index < -0.39 is 12.0 Å². The van der Waals surface area contributed by atoms with Crippen LogP contribution in [0.15, 0.2) is 53.5 Å². The summed E-state index contributed by atoms with van der Waals surface area (Å²) in [4.78, 5) is 34.6. The third kappa shape index (κ3) is 7.68. The molecule has 2 aliphatic heterocycles. The Morgan fingerprint density at radius 3 is 2.39 bits per heavy atom. The largest absolute Gasteiger partial charge is 0.480 e. The van der Waals surface area contributed by atoms with Crippen molar-refractivity contribution in [2.24, 2.45) is 22.6 Å². The van der Waals surface area contributed by atoms with Crippen molar-refractivity contribution in [1.82, 2.24) is 9.80 Å². The van der Waals surface area contributed by atoms with Gasteiger partial charge in [0.15, 0.2) is 5.96 Å². The van der Waals surface area contributed by atoms with Crippen molar-refractivity contribution in [3.63, 3.8) is 0 Å². The van der Waals surface area contributed by atoms with Crippen LogP contribution in [0.1, 0.15) is 90.0 Å². The number of benzene rings is 2. The first kappa shape index (κ1) is 35.6. The van der Waals surface area contributed by atoms with Gasteiger partial charge < -0.3 is 25.4 Å². The summed E-state index contributed by atoms with van der Waals surface area (Å²) in [5, 5.41) is 9.96. The summed E-state index contributed by atoms with van der Waals surface area (Å²) in [7, 11) is 0. The summed E-state index contributed by atoms with van der Waals surface area (Å²) in [5.41, 5.74) is 8.51. The third-order valence-corrected chi connectivity index (χ3v) is 9.81. The lowest BCUT2D eigenvalue weighted by atomic mass is 9.81. The minimum atomic E-state index is -0.867. The summed E-state index contributed by atoms with van der Waals surface area (Å²) in [6.45, 7) is 0.609. The lowest BCUT2D eigenvalue weighted by Gasteiger charge is -2.41. The summed E-state index contributed by atoms with van der Waals surface area (Å²) >= 11 is 0. The number of rotatable bonds is 8. The Balaban J connectivity index is 0.00000176. The fraction of sp³-hybridized carbons (Fsp3) is 0.559. The van der Waals surface area contributed by atoms with Gasteiger partial charge >= 0.3 is 5.97 Å². The van der Waals surface area contributed by atoms with Crippen molar-refractivity contribution in [2.75, 3.05) is 0 Å². The van der Waals surface area contributed by atoms with Crippen LogP contribution >= 0.6 is 27.0 Å². The number of carbonyl (C=O) groups excluding carboxylic acids is 1. The molecule has 2 saturated carbocycles. The van der Waals surface area contributed by atoms with E-state index in [4.69, 9.17) is 15.5 Å². The molecule has 1 saturated heterocycles. The van der Waals surface area contributed by atoms with E-state index in [1.54, 1.807) is 4.90 Å². The monoisotopic (exact) mass is 642 g/mol. The van der Waals surface area contributed by atoms with Gasteiger partial charge in [0.1, 0.15) is 17.5 Å². The first-order valence-corrected chi connectivity index (χ1v) is 15.5. The van der Waals surface area contributed by atoms with Crippen LogP contribution in [0.4, 0.5) is 5.69 Å². The molecular weight excluding hydrogens is 593 g/mol. The van der Waals surface area contributed by atoms with Gasteiger partial charge in [0.05, 0.1) is 5.69 Å². The molecule has 3 N–H and O–H groups in total. The Kier molecular flexibility index (Phi) is 12.9. The van der Waals surface area contributed by atoms with Gasteiger partial charge in [0.2, 0.25) is 5.91 Å². The highest BCUT2D eigenvalue weighted by molar-refractivity contribution is 7.59. The number of carboxylic acid groups (broad SMARTS) is 1. The molecule has 3 fully saturated rings. The van der Waals surface area contributed by atoms with E-state index in [2.05, 4.69) is 4.90 Å². The fourth-order valence-electron chi connectivity index (χ4n) is 7.83. The zero-order chi connectivity index (χ0) is 28.3. The Morgan fingerprint density at radius 1 is 0.955 bits per heavy atom. The van der Waals surface area contributed by atoms with E-state index in [9.17, 15) is 14.7 Å². The molecule has 44 heavy (non-hydrogen) atoms. The van der Waals surface area contributed by atoms with E-state index in [0.29, 0.717) is 43.6 Å². The number of carboxylic acids is 1. The smallest absolute Gasteiger partial charge is 0.326 e. The van der Waals surface area contributed by atoms with Crippen LogP contribution in [-0.2, 0) is 16.1 Å². The SMILES string of the molecule is C.NC1=Nc2ccc(Oc3ccccc3)cc2CN1[C@@H](CCC(=O)N1C2CCCCC2C[C@H]1C(=O)O)C1CCCCC1.S.S. The molecule has 0 radical (unpaired) electrons. The van der Waals surface area contributed by atoms with Crippen LogP contribution in [0.25, 0.3) is 0 Å². The number of guanidine groups is 1. The lowest BCUT2D eigenvalue weighted by molar-refractivity contribution is -0.150. The van der Waals surface area contributed by atoms with Crippen LogP contribution < -0.4 is 10.5 Å². The first-order chi connectivity index (χ1) is 20.0. The second kappa shape index (κ2) is 15.9. The predicted octanol–water partition coefficient (Wildman–Crippen LogP) is 7.08. The van der Waals surface area contributed by atoms with Gasteiger partial charge in [-0.2, -0.15) is 27.0 Å². The molecule has 1 amide bonds. The maximum Gasteiger partial charge on any atom is 0.326 e. The van der Waals surface area contributed by atoms with Crippen LogP contribution in [0.2, 0.25) is 0 Å². The number of likely N-dealkylation sites (tertiary alicyclic amines) is 1. The highest BCUT2D eigenvalue weighted by Gasteiger charge is 2.47. The number of hydrogen-bond acceptors (Lipinski definition) is 6.